The van der Waals surface area contributed by atoms with Crippen molar-refractivity contribution in [3.63, 3.8) is 0 Å². The number of carboxylic acid groups (broad SMARTS) is 1. The van der Waals surface area contributed by atoms with Gasteiger partial charge in [0.15, 0.2) is 0 Å². The van der Waals surface area contributed by atoms with Crippen molar-refractivity contribution in [2.45, 2.75) is 17.9 Å². The number of rotatable bonds is 5. The van der Waals surface area contributed by atoms with Crippen LogP contribution >= 0.6 is 15.9 Å². The predicted molar refractivity (Wildman–Crippen MR) is 67.7 cm³/mol. The van der Waals surface area contributed by atoms with Gasteiger partial charge in [-0.25, -0.2) is 8.42 Å². The molecule has 18 heavy (non-hydrogen) atoms. The summed E-state index contributed by atoms with van der Waals surface area (Å²) in [5.74, 6) is -1.44. The highest BCUT2D eigenvalue weighted by Crippen LogP contribution is 2.20. The SMILES string of the molecule is Cc1cc(S(=O)(=O)N[C@H](CO)C(=O)O)ccc1Br. The highest BCUT2D eigenvalue weighted by Gasteiger charge is 2.24. The molecule has 0 aromatic heterocycles. The second kappa shape index (κ2) is 5.79. The smallest absolute Gasteiger partial charge is 0.324 e. The van der Waals surface area contributed by atoms with E-state index in [2.05, 4.69) is 15.9 Å². The van der Waals surface area contributed by atoms with Crippen LogP contribution in [0.3, 0.4) is 0 Å². The highest BCUT2D eigenvalue weighted by molar-refractivity contribution is 9.10. The Bertz CT molecular complexity index is 557. The summed E-state index contributed by atoms with van der Waals surface area (Å²) in [4.78, 5) is 10.6. The van der Waals surface area contributed by atoms with Gasteiger partial charge in [-0.3, -0.25) is 4.79 Å². The molecule has 0 bridgehead atoms. The van der Waals surface area contributed by atoms with Crippen LogP contribution in [0.5, 0.6) is 0 Å². The Kier molecular flexibility index (Phi) is 4.85. The molecule has 1 aromatic rings. The summed E-state index contributed by atoms with van der Waals surface area (Å²) in [5.41, 5.74) is 0.703. The van der Waals surface area contributed by atoms with Crippen LogP contribution in [0.4, 0.5) is 0 Å². The van der Waals surface area contributed by atoms with Gasteiger partial charge in [-0.05, 0) is 30.7 Å². The number of carbonyl (C=O) groups is 1. The van der Waals surface area contributed by atoms with E-state index in [1.807, 2.05) is 4.72 Å². The predicted octanol–water partition coefficient (Wildman–Crippen LogP) is 0.481. The van der Waals surface area contributed by atoms with Crippen molar-refractivity contribution in [3.8, 4) is 0 Å². The molecule has 1 rings (SSSR count). The first kappa shape index (κ1) is 15.1. The normalized spacial score (nSPS) is 13.3. The summed E-state index contributed by atoms with van der Waals surface area (Å²) in [5, 5.41) is 17.5. The van der Waals surface area contributed by atoms with Crippen LogP contribution in [0.1, 0.15) is 5.56 Å². The maximum Gasteiger partial charge on any atom is 0.324 e. The fourth-order valence-electron chi connectivity index (χ4n) is 1.21. The zero-order valence-electron chi connectivity index (χ0n) is 9.42. The minimum atomic E-state index is -3.97. The minimum absolute atomic E-state index is 0.0529. The van der Waals surface area contributed by atoms with Crippen molar-refractivity contribution in [2.24, 2.45) is 0 Å². The monoisotopic (exact) mass is 337 g/mol. The van der Waals surface area contributed by atoms with E-state index in [0.29, 0.717) is 5.56 Å². The summed E-state index contributed by atoms with van der Waals surface area (Å²) >= 11 is 3.23. The molecule has 0 heterocycles. The van der Waals surface area contributed by atoms with Gasteiger partial charge in [0, 0.05) is 4.47 Å². The van der Waals surface area contributed by atoms with Crippen molar-refractivity contribution in [3.05, 3.63) is 28.2 Å². The molecule has 6 nitrogen and oxygen atoms in total. The van der Waals surface area contributed by atoms with E-state index in [-0.39, 0.29) is 4.90 Å². The first-order valence-electron chi connectivity index (χ1n) is 4.90. The molecule has 0 saturated heterocycles. The third kappa shape index (κ3) is 3.52. The summed E-state index contributed by atoms with van der Waals surface area (Å²) in [6.07, 6.45) is 0. The molecule has 0 saturated carbocycles. The fraction of sp³-hybridized carbons (Fsp3) is 0.300. The number of aliphatic hydroxyl groups is 1. The van der Waals surface area contributed by atoms with E-state index >= 15 is 0 Å². The first-order chi connectivity index (χ1) is 8.27. The lowest BCUT2D eigenvalue weighted by Crippen LogP contribution is -2.43. The molecule has 3 N–H and O–H groups in total. The second-order valence-electron chi connectivity index (χ2n) is 3.61. The molecule has 0 fully saturated rings. The van der Waals surface area contributed by atoms with Gasteiger partial charge in [0.1, 0.15) is 6.04 Å². The van der Waals surface area contributed by atoms with E-state index in [0.717, 1.165) is 4.47 Å². The summed E-state index contributed by atoms with van der Waals surface area (Å²) < 4.78 is 26.4. The van der Waals surface area contributed by atoms with Crippen LogP contribution in [-0.4, -0.2) is 37.2 Å². The van der Waals surface area contributed by atoms with Crippen LogP contribution < -0.4 is 4.72 Å². The van der Waals surface area contributed by atoms with Crippen LogP contribution in [0.25, 0.3) is 0 Å². The largest absolute Gasteiger partial charge is 0.480 e. The Morgan fingerprint density at radius 1 is 1.50 bits per heavy atom. The Morgan fingerprint density at radius 2 is 2.11 bits per heavy atom. The third-order valence-corrected chi connectivity index (χ3v) is 4.58. The van der Waals surface area contributed by atoms with Crippen LogP contribution in [0.15, 0.2) is 27.6 Å². The van der Waals surface area contributed by atoms with Gasteiger partial charge in [-0.1, -0.05) is 15.9 Å². The summed E-state index contributed by atoms with van der Waals surface area (Å²) in [7, 11) is -3.97. The van der Waals surface area contributed by atoms with E-state index < -0.39 is 28.6 Å². The van der Waals surface area contributed by atoms with Crippen LogP contribution in [0.2, 0.25) is 0 Å². The molecule has 0 aliphatic heterocycles. The molecule has 0 radical (unpaired) electrons. The Balaban J connectivity index is 3.06. The van der Waals surface area contributed by atoms with Gasteiger partial charge in [-0.15, -0.1) is 0 Å². The lowest BCUT2D eigenvalue weighted by molar-refractivity contribution is -0.139. The molecule has 100 valence electrons. The van der Waals surface area contributed by atoms with E-state index in [9.17, 15) is 13.2 Å². The topological polar surface area (TPSA) is 104 Å². The Hall–Kier alpha value is -0.960. The van der Waals surface area contributed by atoms with Gasteiger partial charge in [-0.2, -0.15) is 4.72 Å². The van der Waals surface area contributed by atoms with E-state index in [1.54, 1.807) is 13.0 Å². The van der Waals surface area contributed by atoms with Crippen molar-refractivity contribution in [2.75, 3.05) is 6.61 Å². The molecule has 0 spiro atoms. The maximum atomic E-state index is 11.9. The average molecular weight is 338 g/mol. The quantitative estimate of drug-likeness (QED) is 0.725. The fourth-order valence-corrected chi connectivity index (χ4v) is 2.72. The molecule has 1 aromatic carbocycles. The maximum absolute atomic E-state index is 11.9. The molecule has 8 heteroatoms. The molecule has 0 aliphatic carbocycles. The number of halogens is 1. The Labute approximate surface area is 113 Å². The molecule has 0 unspecified atom stereocenters. The second-order valence-corrected chi connectivity index (χ2v) is 6.17. The van der Waals surface area contributed by atoms with Gasteiger partial charge in [0.2, 0.25) is 10.0 Å². The number of aliphatic hydroxyl groups excluding tert-OH is 1. The van der Waals surface area contributed by atoms with Gasteiger partial charge in [0.25, 0.3) is 0 Å². The van der Waals surface area contributed by atoms with Crippen LogP contribution in [-0.2, 0) is 14.8 Å². The standard InChI is InChI=1S/C10H12BrNO5S/c1-6-4-7(2-3-8(6)11)18(16,17)12-9(5-13)10(14)15/h2-4,9,12-13H,5H2,1H3,(H,14,15)/t9-/m1/s1. The van der Waals surface area contributed by atoms with Crippen molar-refractivity contribution >= 4 is 31.9 Å². The summed E-state index contributed by atoms with van der Waals surface area (Å²) in [6, 6.07) is 2.75. The molecule has 0 aliphatic rings. The summed E-state index contributed by atoms with van der Waals surface area (Å²) in [6.45, 7) is 0.897. The number of aryl methyl sites for hydroxylation is 1. The molecular weight excluding hydrogens is 326 g/mol. The number of hydrogen-bond donors (Lipinski definition) is 3. The first-order valence-corrected chi connectivity index (χ1v) is 7.17. The Morgan fingerprint density at radius 3 is 2.56 bits per heavy atom. The number of nitrogens with one attached hydrogen (secondary N) is 1. The number of aliphatic carboxylic acids is 1. The molecule has 1 atom stereocenters. The number of benzene rings is 1. The van der Waals surface area contributed by atoms with Crippen molar-refractivity contribution in [1.29, 1.82) is 0 Å². The van der Waals surface area contributed by atoms with Crippen LogP contribution in [0, 0.1) is 6.92 Å². The van der Waals surface area contributed by atoms with Crippen molar-refractivity contribution in [1.82, 2.24) is 4.72 Å². The minimum Gasteiger partial charge on any atom is -0.480 e. The van der Waals surface area contributed by atoms with Gasteiger partial charge in [0.05, 0.1) is 11.5 Å². The zero-order chi connectivity index (χ0) is 13.9. The van der Waals surface area contributed by atoms with E-state index in [1.165, 1.54) is 12.1 Å². The third-order valence-electron chi connectivity index (χ3n) is 2.22. The number of sulfonamides is 1. The highest BCUT2D eigenvalue weighted by atomic mass is 79.9. The molecule has 0 amide bonds. The zero-order valence-corrected chi connectivity index (χ0v) is 11.8. The lowest BCUT2D eigenvalue weighted by atomic mass is 10.2. The van der Waals surface area contributed by atoms with Gasteiger partial charge >= 0.3 is 5.97 Å². The lowest BCUT2D eigenvalue weighted by Gasteiger charge is -2.12. The molecular formula is C10H12BrNO5S. The van der Waals surface area contributed by atoms with Gasteiger partial charge < -0.3 is 10.2 Å². The average Bonchev–Trinajstić information content (AvgIpc) is 2.29. The number of hydrogen-bond acceptors (Lipinski definition) is 4. The van der Waals surface area contributed by atoms with Crippen molar-refractivity contribution < 1.29 is 23.4 Å². The number of carboxylic acids is 1. The van der Waals surface area contributed by atoms with E-state index in [4.69, 9.17) is 10.2 Å².